The minimum atomic E-state index is -0.143. The van der Waals surface area contributed by atoms with Gasteiger partial charge in [0.2, 0.25) is 5.43 Å². The van der Waals surface area contributed by atoms with Gasteiger partial charge in [-0.2, -0.15) is 0 Å². The van der Waals surface area contributed by atoms with Gasteiger partial charge in [-0.3, -0.25) is 4.79 Å². The summed E-state index contributed by atoms with van der Waals surface area (Å²) in [5.41, 5.74) is 1.59. The third-order valence-corrected chi connectivity index (χ3v) is 3.48. The lowest BCUT2D eigenvalue weighted by Crippen LogP contribution is -2.10. The SMILES string of the molecule is Cc1cc(Cl)ccc1Oc1cn(C)c(/C=C/C(C)C)cc1=O. The van der Waals surface area contributed by atoms with Crippen LogP contribution in [0.25, 0.3) is 6.08 Å². The van der Waals surface area contributed by atoms with Gasteiger partial charge in [0.1, 0.15) is 5.75 Å². The number of rotatable bonds is 4. The number of pyridine rings is 1. The zero-order valence-corrected chi connectivity index (χ0v) is 14.0. The van der Waals surface area contributed by atoms with E-state index >= 15 is 0 Å². The molecule has 2 rings (SSSR count). The fourth-order valence-electron chi connectivity index (χ4n) is 2.00. The van der Waals surface area contributed by atoms with E-state index in [1.54, 1.807) is 30.5 Å². The van der Waals surface area contributed by atoms with Crippen LogP contribution in [0.4, 0.5) is 0 Å². The lowest BCUT2D eigenvalue weighted by molar-refractivity contribution is 0.468. The van der Waals surface area contributed by atoms with Crippen LogP contribution in [0, 0.1) is 12.8 Å². The van der Waals surface area contributed by atoms with E-state index in [2.05, 4.69) is 19.9 Å². The summed E-state index contributed by atoms with van der Waals surface area (Å²) in [6.45, 7) is 6.08. The molecule has 0 amide bonds. The molecule has 3 nitrogen and oxygen atoms in total. The molecule has 0 unspecified atom stereocenters. The minimum Gasteiger partial charge on any atom is -0.451 e. The van der Waals surface area contributed by atoms with Crippen LogP contribution in [-0.4, -0.2) is 4.57 Å². The normalized spacial score (nSPS) is 11.4. The number of ether oxygens (including phenoxy) is 1. The number of benzene rings is 1. The van der Waals surface area contributed by atoms with Crippen LogP contribution in [0.1, 0.15) is 25.1 Å². The number of aromatic nitrogens is 1. The Morgan fingerprint density at radius 2 is 1.95 bits per heavy atom. The summed E-state index contributed by atoms with van der Waals surface area (Å²) in [7, 11) is 1.89. The molecule has 1 aromatic heterocycles. The van der Waals surface area contributed by atoms with Crippen molar-refractivity contribution in [2.75, 3.05) is 0 Å². The third-order valence-electron chi connectivity index (χ3n) is 3.25. The quantitative estimate of drug-likeness (QED) is 0.810. The van der Waals surface area contributed by atoms with Crippen molar-refractivity contribution in [3.63, 3.8) is 0 Å². The molecule has 0 fully saturated rings. The first-order valence-electron chi connectivity index (χ1n) is 7.19. The highest BCUT2D eigenvalue weighted by atomic mass is 35.5. The maximum atomic E-state index is 12.2. The lowest BCUT2D eigenvalue weighted by Gasteiger charge is -2.11. The van der Waals surface area contributed by atoms with E-state index in [0.29, 0.717) is 22.4 Å². The third kappa shape index (κ3) is 4.01. The van der Waals surface area contributed by atoms with E-state index in [1.165, 1.54) is 0 Å². The number of hydrogen-bond donors (Lipinski definition) is 0. The van der Waals surface area contributed by atoms with Crippen LogP contribution in [-0.2, 0) is 7.05 Å². The maximum absolute atomic E-state index is 12.2. The Kier molecular flexibility index (Phi) is 5.09. The fraction of sp³-hybridized carbons (Fsp3) is 0.278. The van der Waals surface area contributed by atoms with Crippen molar-refractivity contribution < 1.29 is 4.74 Å². The molecule has 1 aromatic carbocycles. The van der Waals surface area contributed by atoms with Gasteiger partial charge in [-0.05, 0) is 42.7 Å². The lowest BCUT2D eigenvalue weighted by atomic mass is 10.2. The molecule has 1 heterocycles. The van der Waals surface area contributed by atoms with Gasteiger partial charge >= 0.3 is 0 Å². The fourth-order valence-corrected chi connectivity index (χ4v) is 2.23. The summed E-state index contributed by atoms with van der Waals surface area (Å²) in [6.07, 6.45) is 5.71. The summed E-state index contributed by atoms with van der Waals surface area (Å²) in [6, 6.07) is 6.90. The van der Waals surface area contributed by atoms with Crippen molar-refractivity contribution in [2.45, 2.75) is 20.8 Å². The minimum absolute atomic E-state index is 0.143. The number of hydrogen-bond acceptors (Lipinski definition) is 2. The Hall–Kier alpha value is -2.00. The molecule has 0 aliphatic heterocycles. The molecule has 116 valence electrons. The van der Waals surface area contributed by atoms with Crippen LogP contribution in [0.3, 0.4) is 0 Å². The van der Waals surface area contributed by atoms with Crippen molar-refractivity contribution in [3.8, 4) is 11.5 Å². The highest BCUT2D eigenvalue weighted by Crippen LogP contribution is 2.25. The highest BCUT2D eigenvalue weighted by Gasteiger charge is 2.08. The predicted octanol–water partition coefficient (Wildman–Crippen LogP) is 4.81. The topological polar surface area (TPSA) is 31.2 Å². The summed E-state index contributed by atoms with van der Waals surface area (Å²) in [5.74, 6) is 1.37. The second-order valence-corrected chi connectivity index (χ2v) is 6.09. The van der Waals surface area contributed by atoms with Crippen LogP contribution in [0.2, 0.25) is 5.02 Å². The van der Waals surface area contributed by atoms with Crippen molar-refractivity contribution in [2.24, 2.45) is 13.0 Å². The van der Waals surface area contributed by atoms with Gasteiger partial charge in [-0.1, -0.05) is 31.5 Å². The summed E-state index contributed by atoms with van der Waals surface area (Å²) in [4.78, 5) is 12.2. The molecule has 4 heteroatoms. The van der Waals surface area contributed by atoms with E-state index in [4.69, 9.17) is 16.3 Å². The standard InChI is InChI=1S/C18H20ClNO2/c1-12(2)5-7-15-10-16(21)18(11-20(15)4)22-17-8-6-14(19)9-13(17)3/h5-12H,1-4H3/b7-5+. The monoisotopic (exact) mass is 317 g/mol. The molecule has 0 radical (unpaired) electrons. The van der Waals surface area contributed by atoms with Crippen LogP contribution in [0.15, 0.2) is 41.3 Å². The second-order valence-electron chi connectivity index (χ2n) is 5.65. The van der Waals surface area contributed by atoms with E-state index < -0.39 is 0 Å². The Morgan fingerprint density at radius 1 is 1.23 bits per heavy atom. The summed E-state index contributed by atoms with van der Waals surface area (Å²) < 4.78 is 7.62. The predicted molar refractivity (Wildman–Crippen MR) is 91.8 cm³/mol. The largest absolute Gasteiger partial charge is 0.451 e. The van der Waals surface area contributed by atoms with Crippen molar-refractivity contribution in [1.29, 1.82) is 0 Å². The number of allylic oxidation sites excluding steroid dienone is 1. The molecule has 22 heavy (non-hydrogen) atoms. The number of aryl methyl sites for hydroxylation is 2. The maximum Gasteiger partial charge on any atom is 0.224 e. The Labute approximate surface area is 135 Å². The summed E-state index contributed by atoms with van der Waals surface area (Å²) in [5, 5.41) is 0.645. The van der Waals surface area contributed by atoms with Crippen LogP contribution in [0.5, 0.6) is 11.5 Å². The molecule has 0 aliphatic rings. The van der Waals surface area contributed by atoms with E-state index in [9.17, 15) is 4.79 Å². The molecular weight excluding hydrogens is 298 g/mol. The molecule has 0 saturated carbocycles. The molecule has 0 atom stereocenters. The van der Waals surface area contributed by atoms with Gasteiger partial charge in [-0.25, -0.2) is 0 Å². The zero-order chi connectivity index (χ0) is 16.3. The first kappa shape index (κ1) is 16.4. The Morgan fingerprint density at radius 3 is 2.59 bits per heavy atom. The van der Waals surface area contributed by atoms with E-state index in [1.807, 2.05) is 24.6 Å². The summed E-state index contributed by atoms with van der Waals surface area (Å²) >= 11 is 5.93. The first-order valence-corrected chi connectivity index (χ1v) is 7.57. The van der Waals surface area contributed by atoms with Gasteiger partial charge < -0.3 is 9.30 Å². The Bertz CT molecular complexity index is 760. The van der Waals surface area contributed by atoms with Crippen LogP contribution < -0.4 is 10.2 Å². The van der Waals surface area contributed by atoms with E-state index in [0.717, 1.165) is 11.3 Å². The second kappa shape index (κ2) is 6.84. The molecule has 0 N–H and O–H groups in total. The highest BCUT2D eigenvalue weighted by molar-refractivity contribution is 6.30. The number of halogens is 1. The first-order chi connectivity index (χ1) is 10.4. The molecule has 0 spiro atoms. The number of nitrogens with zero attached hydrogens (tertiary/aromatic N) is 1. The average molecular weight is 318 g/mol. The molecule has 0 aliphatic carbocycles. The van der Waals surface area contributed by atoms with E-state index in [-0.39, 0.29) is 5.43 Å². The molecule has 0 saturated heterocycles. The van der Waals surface area contributed by atoms with Crippen molar-refractivity contribution in [1.82, 2.24) is 4.57 Å². The molecular formula is C18H20ClNO2. The zero-order valence-electron chi connectivity index (χ0n) is 13.3. The van der Waals surface area contributed by atoms with Gasteiger partial charge in [0.25, 0.3) is 0 Å². The van der Waals surface area contributed by atoms with Crippen molar-refractivity contribution >= 4 is 17.7 Å². The molecule has 0 bridgehead atoms. The smallest absolute Gasteiger partial charge is 0.224 e. The van der Waals surface area contributed by atoms with Gasteiger partial charge in [0, 0.05) is 23.8 Å². The average Bonchev–Trinajstić information content (AvgIpc) is 2.43. The molecule has 2 aromatic rings. The van der Waals surface area contributed by atoms with Crippen LogP contribution >= 0.6 is 11.6 Å². The van der Waals surface area contributed by atoms with Crippen molar-refractivity contribution in [3.05, 3.63) is 63.0 Å². The van der Waals surface area contributed by atoms with Gasteiger partial charge in [-0.15, -0.1) is 0 Å². The van der Waals surface area contributed by atoms with Gasteiger partial charge in [0.15, 0.2) is 5.75 Å². The Balaban J connectivity index is 2.33. The van der Waals surface area contributed by atoms with Gasteiger partial charge in [0.05, 0.1) is 6.20 Å².